The van der Waals surface area contributed by atoms with Crippen molar-refractivity contribution in [2.75, 3.05) is 13.3 Å². The highest BCUT2D eigenvalue weighted by Gasteiger charge is 2.26. The molecule has 8 heteroatoms. The third-order valence-corrected chi connectivity index (χ3v) is 6.48. The lowest BCUT2D eigenvalue weighted by atomic mass is 10.1. The molecule has 0 bridgehead atoms. The third kappa shape index (κ3) is 6.48. The minimum absolute atomic E-state index is 0.0466. The van der Waals surface area contributed by atoms with Gasteiger partial charge in [0.15, 0.2) is 23.7 Å². The molecule has 0 saturated heterocycles. The van der Waals surface area contributed by atoms with Crippen LogP contribution in [0.4, 0.5) is 0 Å². The van der Waals surface area contributed by atoms with Crippen LogP contribution in [-0.2, 0) is 22.6 Å². The number of carbonyl (C=O) groups excluding carboxylic acids is 2. The molecule has 2 aromatic rings. The highest BCUT2D eigenvalue weighted by molar-refractivity contribution is 6.59. The molecule has 0 unspecified atom stereocenters. The van der Waals surface area contributed by atoms with Crippen molar-refractivity contribution in [3.8, 4) is 0 Å². The summed E-state index contributed by atoms with van der Waals surface area (Å²) in [6, 6.07) is 12.2. The van der Waals surface area contributed by atoms with Gasteiger partial charge in [-0.25, -0.2) is 14.4 Å². The number of hydrogen-bond donors (Lipinski definition) is 3. The summed E-state index contributed by atoms with van der Waals surface area (Å²) in [5, 5.41) is 12.1. The number of aliphatic hydroxyl groups is 1. The van der Waals surface area contributed by atoms with E-state index in [1.165, 1.54) is 5.56 Å². The molecule has 8 nitrogen and oxygen atoms in total. The van der Waals surface area contributed by atoms with E-state index >= 15 is 0 Å². The lowest BCUT2D eigenvalue weighted by Crippen LogP contribution is -2.77. The second-order valence-electron chi connectivity index (χ2n) is 8.99. The number of unbranched alkanes of at least 4 members (excludes halogenated alkanes) is 1. The zero-order chi connectivity index (χ0) is 24.6. The molecule has 4 N–H and O–H groups in total. The first-order valence-electron chi connectivity index (χ1n) is 12.2. The number of fused-ring (bicyclic) bond motifs is 1. The van der Waals surface area contributed by atoms with Crippen LogP contribution in [0, 0.1) is 0 Å². The fourth-order valence-corrected chi connectivity index (χ4v) is 4.48. The van der Waals surface area contributed by atoms with E-state index < -0.39 is 5.91 Å². The summed E-state index contributed by atoms with van der Waals surface area (Å²) in [5.41, 5.74) is 7.74. The van der Waals surface area contributed by atoms with Crippen molar-refractivity contribution in [1.82, 2.24) is 4.57 Å². The second kappa shape index (κ2) is 11.7. The highest BCUT2D eigenvalue weighted by Crippen LogP contribution is 2.06. The summed E-state index contributed by atoms with van der Waals surface area (Å²) in [6.07, 6.45) is 12.5. The molecule has 182 valence electrons. The summed E-state index contributed by atoms with van der Waals surface area (Å²) in [6.45, 7) is 0.958. The molecule has 0 fully saturated rings. The Morgan fingerprint density at radius 1 is 1.20 bits per heavy atom. The largest absolute Gasteiger partial charge is 0.389 e. The second-order valence-corrected chi connectivity index (χ2v) is 8.99. The number of carbonyl (C=O) groups is 2. The third-order valence-electron chi connectivity index (χ3n) is 6.48. The Bertz CT molecular complexity index is 1290. The minimum atomic E-state index is -0.560. The van der Waals surface area contributed by atoms with Crippen molar-refractivity contribution in [3.05, 3.63) is 58.7 Å². The number of nitrogens with zero attached hydrogens (tertiary/aromatic N) is 3. The first kappa shape index (κ1) is 24.5. The summed E-state index contributed by atoms with van der Waals surface area (Å²) < 4.78 is 3.98. The van der Waals surface area contributed by atoms with Crippen molar-refractivity contribution >= 4 is 41.6 Å². The number of benzene rings is 1. The van der Waals surface area contributed by atoms with Crippen LogP contribution in [0.25, 0.3) is 12.2 Å². The minimum Gasteiger partial charge on any atom is -0.389 e. The van der Waals surface area contributed by atoms with Crippen LogP contribution < -0.4 is 21.3 Å². The molecule has 2 aliphatic rings. The zero-order valence-corrected chi connectivity index (χ0v) is 19.9. The molecule has 1 atom stereocenters. The molecule has 0 radical (unpaired) electrons. The van der Waals surface area contributed by atoms with E-state index in [9.17, 15) is 14.7 Å². The number of amides is 2. The smallest absolute Gasteiger partial charge is 0.385 e. The van der Waals surface area contributed by atoms with Gasteiger partial charge in [-0.3, -0.25) is 4.79 Å². The van der Waals surface area contributed by atoms with Gasteiger partial charge in [-0.2, -0.15) is 4.99 Å². The van der Waals surface area contributed by atoms with Crippen LogP contribution in [0.5, 0.6) is 0 Å². The van der Waals surface area contributed by atoms with Crippen molar-refractivity contribution in [3.63, 3.8) is 0 Å². The summed E-state index contributed by atoms with van der Waals surface area (Å²) in [4.78, 5) is 31.0. The molecule has 1 aromatic heterocycles. The van der Waals surface area contributed by atoms with Crippen LogP contribution in [0.3, 0.4) is 0 Å². The van der Waals surface area contributed by atoms with E-state index in [2.05, 4.69) is 38.8 Å². The Morgan fingerprint density at radius 2 is 2.03 bits per heavy atom. The van der Waals surface area contributed by atoms with Crippen LogP contribution in [0.1, 0.15) is 37.7 Å². The standard InChI is InChI=1S/C27H31N5O3/c28-27(35)24-17-32(19-29-24)23(18-33)13-15-31-14-12-21-10-11-22(16-25(21)31)30-26(34)9-5-4-8-20-6-2-1-3-7-20/h1-3,6-7,10,12,14,16-17,23,33H,4-5,8-9,11,13,15,18-19H2,(H-,28,35)/p+2/t23-/m1/s1. The summed E-state index contributed by atoms with van der Waals surface area (Å²) in [5.74, 6) is -0.510. The van der Waals surface area contributed by atoms with Gasteiger partial charge in [-0.1, -0.05) is 36.4 Å². The average molecular weight is 476 g/mol. The predicted molar refractivity (Wildman–Crippen MR) is 136 cm³/mol. The van der Waals surface area contributed by atoms with Crippen molar-refractivity contribution in [1.29, 1.82) is 0 Å². The molecule has 0 saturated carbocycles. The summed E-state index contributed by atoms with van der Waals surface area (Å²) >= 11 is 0. The van der Waals surface area contributed by atoms with E-state index in [1.807, 2.05) is 35.0 Å². The fourth-order valence-electron chi connectivity index (χ4n) is 4.48. The number of nitrogens with two attached hydrogens (primary N) is 1. The van der Waals surface area contributed by atoms with Gasteiger partial charge in [0.1, 0.15) is 6.61 Å². The van der Waals surface area contributed by atoms with Gasteiger partial charge in [0.2, 0.25) is 6.67 Å². The number of rotatable bonds is 11. The molecule has 4 rings (SSSR count). The zero-order valence-electron chi connectivity index (χ0n) is 19.9. The SMILES string of the molecule is NC(=O)C1=NC[N+]([C@@H](CO)CCn2ccc3c2=CC(=[NH+]C(=O)CCCCc2ccccc2)CC=3)=C1. The van der Waals surface area contributed by atoms with E-state index in [-0.39, 0.29) is 24.3 Å². The first-order valence-corrected chi connectivity index (χ1v) is 12.2. The molecule has 1 aliphatic heterocycles. The Hall–Kier alpha value is -3.65. The fraction of sp³-hybridized carbons (Fsp3) is 0.370. The van der Waals surface area contributed by atoms with Crippen molar-refractivity contribution < 1.29 is 24.3 Å². The number of aromatic nitrogens is 1. The Morgan fingerprint density at radius 3 is 2.77 bits per heavy atom. The molecular formula is C27H33N5O3+2. The number of aryl methyl sites for hydroxylation is 2. The maximum atomic E-state index is 12.5. The quantitative estimate of drug-likeness (QED) is 0.276. The monoisotopic (exact) mass is 475 g/mol. The number of nitrogens with one attached hydrogen (secondary N) is 1. The topological polar surface area (TPSA) is 115 Å². The maximum Gasteiger partial charge on any atom is 0.385 e. The summed E-state index contributed by atoms with van der Waals surface area (Å²) in [7, 11) is 0. The molecule has 0 spiro atoms. The molecule has 2 heterocycles. The van der Waals surface area contributed by atoms with Gasteiger partial charge in [0, 0.05) is 25.2 Å². The first-order chi connectivity index (χ1) is 17.0. The van der Waals surface area contributed by atoms with Crippen LogP contribution in [0.2, 0.25) is 0 Å². The number of primary amides is 1. The number of hydrogen-bond acceptors (Lipinski definition) is 4. The number of aliphatic hydroxyl groups excluding tert-OH is 1. The van der Waals surface area contributed by atoms with Gasteiger partial charge in [0.25, 0.3) is 5.91 Å². The Balaban J connectivity index is 1.34. The Kier molecular flexibility index (Phi) is 8.15. The van der Waals surface area contributed by atoms with Gasteiger partial charge >= 0.3 is 5.91 Å². The predicted octanol–water partition coefficient (Wildman–Crippen LogP) is -1.35. The van der Waals surface area contributed by atoms with E-state index in [1.54, 1.807) is 6.21 Å². The van der Waals surface area contributed by atoms with E-state index in [0.717, 1.165) is 35.5 Å². The van der Waals surface area contributed by atoms with Crippen LogP contribution in [0.15, 0.2) is 47.6 Å². The maximum absolute atomic E-state index is 12.5. The van der Waals surface area contributed by atoms with Crippen LogP contribution >= 0.6 is 0 Å². The van der Waals surface area contributed by atoms with Gasteiger partial charge in [-0.05, 0) is 36.1 Å². The van der Waals surface area contributed by atoms with E-state index in [4.69, 9.17) is 5.73 Å². The Labute approximate surface area is 204 Å². The molecule has 1 aromatic carbocycles. The molecular weight excluding hydrogens is 442 g/mol. The molecule has 1 aliphatic carbocycles. The van der Waals surface area contributed by atoms with Crippen molar-refractivity contribution in [2.24, 2.45) is 10.7 Å². The molecule has 2 amide bonds. The lowest BCUT2D eigenvalue weighted by Gasteiger charge is -2.12. The van der Waals surface area contributed by atoms with Gasteiger partial charge in [-0.15, -0.1) is 0 Å². The van der Waals surface area contributed by atoms with E-state index in [0.29, 0.717) is 32.5 Å². The van der Waals surface area contributed by atoms with Crippen molar-refractivity contribution in [2.45, 2.75) is 51.1 Å². The normalized spacial score (nSPS) is 16.7. The lowest BCUT2D eigenvalue weighted by molar-refractivity contribution is -0.560. The van der Waals surface area contributed by atoms with Gasteiger partial charge < -0.3 is 15.4 Å². The van der Waals surface area contributed by atoms with Gasteiger partial charge in [0.05, 0.1) is 18.2 Å². The average Bonchev–Trinajstić information content (AvgIpc) is 3.51. The molecule has 35 heavy (non-hydrogen) atoms. The highest BCUT2D eigenvalue weighted by atomic mass is 16.3. The number of aliphatic imine (C=N–C) groups is 1. The van der Waals surface area contributed by atoms with Crippen LogP contribution in [-0.4, -0.2) is 63.0 Å².